The highest BCUT2D eigenvalue weighted by molar-refractivity contribution is 5.65. The van der Waals surface area contributed by atoms with E-state index in [1.165, 1.54) is 0 Å². The predicted molar refractivity (Wildman–Crippen MR) is 62.6 cm³/mol. The maximum Gasteiger partial charge on any atom is 0.0390 e. The molecular weight excluding hydrogens is 170 g/mol. The normalized spacial score (nSPS) is 12.6. The Balaban J connectivity index is 2.90. The third kappa shape index (κ3) is 2.94. The summed E-state index contributed by atoms with van der Waals surface area (Å²) in [5, 5.41) is 0. The Morgan fingerprint density at radius 3 is 2.50 bits per heavy atom. The fourth-order valence-electron chi connectivity index (χ4n) is 1.19. The number of benzene rings is 1. The molecule has 0 saturated heterocycles. The van der Waals surface area contributed by atoms with Gasteiger partial charge in [0.2, 0.25) is 0 Å². The third-order valence-corrected chi connectivity index (χ3v) is 1.87. The lowest BCUT2D eigenvalue weighted by Crippen LogP contribution is -1.95. The quantitative estimate of drug-likeness (QED) is 0.719. The molecule has 0 unspecified atom stereocenters. The summed E-state index contributed by atoms with van der Waals surface area (Å²) in [4.78, 5) is 0. The Labute approximate surface area is 85.3 Å². The third-order valence-electron chi connectivity index (χ3n) is 1.87. The van der Waals surface area contributed by atoms with Crippen LogP contribution in [0.2, 0.25) is 0 Å². The summed E-state index contributed by atoms with van der Waals surface area (Å²) in [5.41, 5.74) is 8.84. The molecular formula is C13H15N. The van der Waals surface area contributed by atoms with Crippen molar-refractivity contribution in [2.24, 2.45) is 5.73 Å². The van der Waals surface area contributed by atoms with Crippen LogP contribution in [-0.4, -0.2) is 0 Å². The monoisotopic (exact) mass is 185 g/mol. The van der Waals surface area contributed by atoms with Gasteiger partial charge >= 0.3 is 0 Å². The summed E-state index contributed by atoms with van der Waals surface area (Å²) >= 11 is 0. The first-order valence-corrected chi connectivity index (χ1v) is 4.56. The molecule has 1 heteroatoms. The zero-order chi connectivity index (χ0) is 10.4. The molecule has 0 saturated carbocycles. The molecule has 0 radical (unpaired) electrons. The first-order valence-electron chi connectivity index (χ1n) is 4.56. The second kappa shape index (κ2) is 5.07. The van der Waals surface area contributed by atoms with E-state index >= 15 is 0 Å². The van der Waals surface area contributed by atoms with E-state index in [-0.39, 0.29) is 0 Å². The first-order chi connectivity index (χ1) is 6.74. The van der Waals surface area contributed by atoms with Crippen LogP contribution in [0.25, 0.3) is 5.70 Å². The van der Waals surface area contributed by atoms with E-state index in [0.717, 1.165) is 16.8 Å². The molecule has 0 fully saturated rings. The molecule has 0 aliphatic heterocycles. The lowest BCUT2D eigenvalue weighted by atomic mass is 10.1. The highest BCUT2D eigenvalue weighted by Gasteiger charge is 1.93. The molecule has 0 aliphatic carbocycles. The molecule has 1 aromatic carbocycles. The van der Waals surface area contributed by atoms with E-state index in [1.54, 1.807) is 6.08 Å². The molecule has 1 rings (SSSR count). The maximum absolute atomic E-state index is 5.91. The summed E-state index contributed by atoms with van der Waals surface area (Å²) in [5.74, 6) is 0. The molecule has 0 spiro atoms. The second-order valence-electron chi connectivity index (χ2n) is 3.11. The minimum atomic E-state index is 0.779. The molecule has 2 N–H and O–H groups in total. The van der Waals surface area contributed by atoms with E-state index in [4.69, 9.17) is 5.73 Å². The molecule has 1 aromatic rings. The van der Waals surface area contributed by atoms with Crippen molar-refractivity contribution in [2.75, 3.05) is 0 Å². The van der Waals surface area contributed by atoms with E-state index in [2.05, 4.69) is 6.58 Å². The van der Waals surface area contributed by atoms with Crippen molar-refractivity contribution in [3.63, 3.8) is 0 Å². The van der Waals surface area contributed by atoms with Crippen molar-refractivity contribution in [1.82, 2.24) is 0 Å². The van der Waals surface area contributed by atoms with Gasteiger partial charge in [-0.15, -0.1) is 0 Å². The molecule has 0 aromatic heterocycles. The lowest BCUT2D eigenvalue weighted by Gasteiger charge is -2.00. The number of hydrogen-bond acceptors (Lipinski definition) is 1. The number of hydrogen-bond donors (Lipinski definition) is 1. The van der Waals surface area contributed by atoms with Crippen molar-refractivity contribution < 1.29 is 0 Å². The highest BCUT2D eigenvalue weighted by Crippen LogP contribution is 2.10. The van der Waals surface area contributed by atoms with Crippen LogP contribution in [0.4, 0.5) is 0 Å². The number of allylic oxidation sites excluding steroid dienone is 4. The van der Waals surface area contributed by atoms with Gasteiger partial charge in [0, 0.05) is 5.70 Å². The van der Waals surface area contributed by atoms with Gasteiger partial charge in [-0.05, 0) is 24.1 Å². The van der Waals surface area contributed by atoms with Gasteiger partial charge in [-0.1, -0.05) is 49.1 Å². The number of rotatable bonds is 3. The predicted octanol–water partition coefficient (Wildman–Crippen LogP) is 3.12. The fourth-order valence-corrected chi connectivity index (χ4v) is 1.19. The Morgan fingerprint density at radius 1 is 1.29 bits per heavy atom. The van der Waals surface area contributed by atoms with Crippen molar-refractivity contribution in [3.05, 3.63) is 66.3 Å². The van der Waals surface area contributed by atoms with Crippen LogP contribution in [0, 0.1) is 0 Å². The molecule has 0 aliphatic rings. The van der Waals surface area contributed by atoms with Gasteiger partial charge in [0.25, 0.3) is 0 Å². The molecule has 0 heterocycles. The van der Waals surface area contributed by atoms with Crippen molar-refractivity contribution in [3.8, 4) is 0 Å². The molecule has 72 valence electrons. The Kier molecular flexibility index (Phi) is 3.74. The topological polar surface area (TPSA) is 26.0 Å². The smallest absolute Gasteiger partial charge is 0.0390 e. The van der Waals surface area contributed by atoms with Gasteiger partial charge < -0.3 is 5.73 Å². The minimum absolute atomic E-state index is 0.779. The van der Waals surface area contributed by atoms with Crippen LogP contribution in [0.3, 0.4) is 0 Å². The first kappa shape index (κ1) is 10.3. The zero-order valence-corrected chi connectivity index (χ0v) is 8.40. The van der Waals surface area contributed by atoms with Gasteiger partial charge in [0.05, 0.1) is 0 Å². The summed E-state index contributed by atoms with van der Waals surface area (Å²) in [7, 11) is 0. The average Bonchev–Trinajstić information content (AvgIpc) is 2.19. The second-order valence-corrected chi connectivity index (χ2v) is 3.11. The lowest BCUT2D eigenvalue weighted by molar-refractivity contribution is 1.46. The van der Waals surface area contributed by atoms with Crippen LogP contribution in [0.1, 0.15) is 12.5 Å². The number of nitrogens with two attached hydrogens (primary N) is 1. The van der Waals surface area contributed by atoms with Crippen LogP contribution in [0.15, 0.2) is 60.7 Å². The van der Waals surface area contributed by atoms with Crippen LogP contribution in [-0.2, 0) is 0 Å². The van der Waals surface area contributed by atoms with E-state index in [9.17, 15) is 0 Å². The van der Waals surface area contributed by atoms with Crippen molar-refractivity contribution >= 4 is 5.70 Å². The van der Waals surface area contributed by atoms with E-state index < -0.39 is 0 Å². The standard InChI is InChI=1S/C13H15N/c1-3-7-11(2)10-13(14)12-8-5-4-6-9-12/h3-10H,1,14H2,2H3/b11-7-,13-10-. The highest BCUT2D eigenvalue weighted by atomic mass is 14.6. The van der Waals surface area contributed by atoms with E-state index in [0.29, 0.717) is 0 Å². The van der Waals surface area contributed by atoms with E-state index in [1.807, 2.05) is 49.4 Å². The Hall–Kier alpha value is -1.76. The summed E-state index contributed by atoms with van der Waals surface area (Å²) in [6, 6.07) is 9.91. The molecule has 14 heavy (non-hydrogen) atoms. The van der Waals surface area contributed by atoms with Gasteiger partial charge in [-0.2, -0.15) is 0 Å². The Bertz CT molecular complexity index is 358. The van der Waals surface area contributed by atoms with Gasteiger partial charge in [0.15, 0.2) is 0 Å². The summed E-state index contributed by atoms with van der Waals surface area (Å²) in [6.07, 6.45) is 5.62. The fraction of sp³-hybridized carbons (Fsp3) is 0.0769. The van der Waals surface area contributed by atoms with Crippen molar-refractivity contribution in [2.45, 2.75) is 6.92 Å². The SMILES string of the molecule is C=C/C=C(C)\C=C(/N)c1ccccc1. The van der Waals surface area contributed by atoms with Gasteiger partial charge in [-0.25, -0.2) is 0 Å². The van der Waals surface area contributed by atoms with Crippen LogP contribution < -0.4 is 5.73 Å². The van der Waals surface area contributed by atoms with Crippen LogP contribution >= 0.6 is 0 Å². The maximum atomic E-state index is 5.91. The van der Waals surface area contributed by atoms with Gasteiger partial charge in [0.1, 0.15) is 0 Å². The van der Waals surface area contributed by atoms with Crippen LogP contribution in [0.5, 0.6) is 0 Å². The summed E-state index contributed by atoms with van der Waals surface area (Å²) < 4.78 is 0. The van der Waals surface area contributed by atoms with Crippen molar-refractivity contribution in [1.29, 1.82) is 0 Å². The molecule has 0 atom stereocenters. The molecule has 0 amide bonds. The largest absolute Gasteiger partial charge is 0.398 e. The minimum Gasteiger partial charge on any atom is -0.398 e. The molecule has 1 nitrogen and oxygen atoms in total. The zero-order valence-electron chi connectivity index (χ0n) is 8.40. The average molecular weight is 185 g/mol. The molecule has 0 bridgehead atoms. The van der Waals surface area contributed by atoms with Gasteiger partial charge in [-0.3, -0.25) is 0 Å². The summed E-state index contributed by atoms with van der Waals surface area (Å²) in [6.45, 7) is 5.63. The Morgan fingerprint density at radius 2 is 1.93 bits per heavy atom.